The van der Waals surface area contributed by atoms with Gasteiger partial charge in [-0.1, -0.05) is 30.5 Å². The number of nitrogens with zero attached hydrogens (tertiary/aromatic N) is 1. The van der Waals surface area contributed by atoms with Crippen LogP contribution in [0.5, 0.6) is 0 Å². The molecular weight excluding hydrogens is 258 g/mol. The number of Topliss-reactive ketones (excluding diaryl/α,β-unsaturated/α-hetero) is 1. The Morgan fingerprint density at radius 2 is 2.16 bits per heavy atom. The van der Waals surface area contributed by atoms with Gasteiger partial charge in [0.05, 0.1) is 6.04 Å². The molecule has 2 atom stereocenters. The van der Waals surface area contributed by atoms with E-state index in [0.29, 0.717) is 0 Å². The average molecular weight is 278 g/mol. The van der Waals surface area contributed by atoms with Crippen LogP contribution < -0.4 is 0 Å². The van der Waals surface area contributed by atoms with E-state index in [0.717, 1.165) is 23.1 Å². The van der Waals surface area contributed by atoms with Gasteiger partial charge in [0, 0.05) is 29.3 Å². The SMILES string of the molecule is CC(=O)C1=CN(CC2CCCC2)C2C=C(Cl)C=CC12. The van der Waals surface area contributed by atoms with Gasteiger partial charge in [-0.3, -0.25) is 4.79 Å². The highest BCUT2D eigenvalue weighted by atomic mass is 35.5. The summed E-state index contributed by atoms with van der Waals surface area (Å²) >= 11 is 6.13. The van der Waals surface area contributed by atoms with Crippen LogP contribution in [0.3, 0.4) is 0 Å². The summed E-state index contributed by atoms with van der Waals surface area (Å²) in [6.45, 7) is 2.72. The molecule has 2 aliphatic carbocycles. The number of halogens is 1. The zero-order valence-corrected chi connectivity index (χ0v) is 12.1. The molecule has 0 saturated heterocycles. The highest BCUT2D eigenvalue weighted by Crippen LogP contribution is 2.37. The van der Waals surface area contributed by atoms with Crippen molar-refractivity contribution in [2.45, 2.75) is 38.6 Å². The highest BCUT2D eigenvalue weighted by Gasteiger charge is 2.36. The fourth-order valence-corrected chi connectivity index (χ4v) is 3.77. The predicted molar refractivity (Wildman–Crippen MR) is 77.8 cm³/mol. The van der Waals surface area contributed by atoms with Gasteiger partial charge in [-0.25, -0.2) is 0 Å². The second kappa shape index (κ2) is 5.16. The van der Waals surface area contributed by atoms with E-state index in [2.05, 4.69) is 23.3 Å². The number of carbonyl (C=O) groups is 1. The van der Waals surface area contributed by atoms with Crippen molar-refractivity contribution in [3.63, 3.8) is 0 Å². The topological polar surface area (TPSA) is 20.3 Å². The highest BCUT2D eigenvalue weighted by molar-refractivity contribution is 6.31. The van der Waals surface area contributed by atoms with Crippen LogP contribution in [-0.2, 0) is 4.79 Å². The number of hydrogen-bond donors (Lipinski definition) is 0. The summed E-state index contributed by atoms with van der Waals surface area (Å²) in [5.41, 5.74) is 0.930. The summed E-state index contributed by atoms with van der Waals surface area (Å²) < 4.78 is 0. The van der Waals surface area contributed by atoms with Gasteiger partial charge in [0.2, 0.25) is 0 Å². The molecule has 0 aromatic carbocycles. The number of rotatable bonds is 3. The second-order valence-corrected chi connectivity index (χ2v) is 6.35. The third-order valence-corrected chi connectivity index (χ3v) is 4.81. The molecule has 3 heteroatoms. The average Bonchev–Trinajstić information content (AvgIpc) is 2.98. The molecule has 0 spiro atoms. The van der Waals surface area contributed by atoms with Crippen molar-refractivity contribution in [1.82, 2.24) is 4.90 Å². The third-order valence-electron chi connectivity index (χ3n) is 4.56. The van der Waals surface area contributed by atoms with E-state index < -0.39 is 0 Å². The third kappa shape index (κ3) is 2.51. The first-order valence-corrected chi connectivity index (χ1v) is 7.57. The van der Waals surface area contributed by atoms with Crippen molar-refractivity contribution in [3.8, 4) is 0 Å². The first-order valence-electron chi connectivity index (χ1n) is 7.19. The molecule has 2 nitrogen and oxygen atoms in total. The van der Waals surface area contributed by atoms with Gasteiger partial charge in [-0.05, 0) is 37.8 Å². The first-order chi connectivity index (χ1) is 9.15. The van der Waals surface area contributed by atoms with Crippen molar-refractivity contribution in [2.75, 3.05) is 6.54 Å². The monoisotopic (exact) mass is 277 g/mol. The molecule has 0 aromatic rings. The summed E-state index contributed by atoms with van der Waals surface area (Å²) in [7, 11) is 0. The first kappa shape index (κ1) is 13.0. The summed E-state index contributed by atoms with van der Waals surface area (Å²) in [5.74, 6) is 1.16. The van der Waals surface area contributed by atoms with Crippen molar-refractivity contribution < 1.29 is 4.79 Å². The molecule has 0 aromatic heterocycles. The molecule has 2 unspecified atom stereocenters. The maximum Gasteiger partial charge on any atom is 0.157 e. The van der Waals surface area contributed by atoms with E-state index in [4.69, 9.17) is 11.6 Å². The van der Waals surface area contributed by atoms with Crippen LogP contribution in [0.25, 0.3) is 0 Å². The number of ketones is 1. The van der Waals surface area contributed by atoms with E-state index in [-0.39, 0.29) is 17.7 Å². The second-order valence-electron chi connectivity index (χ2n) is 5.91. The molecule has 1 heterocycles. The Kier molecular flexibility index (Phi) is 3.53. The summed E-state index contributed by atoms with van der Waals surface area (Å²) in [5, 5.41) is 0.788. The Labute approximate surface area is 119 Å². The summed E-state index contributed by atoms with van der Waals surface area (Å²) in [6, 6.07) is 0.247. The van der Waals surface area contributed by atoms with Gasteiger partial charge in [-0.2, -0.15) is 0 Å². The van der Waals surface area contributed by atoms with Crippen molar-refractivity contribution >= 4 is 17.4 Å². The fraction of sp³-hybridized carbons (Fsp3) is 0.562. The van der Waals surface area contributed by atoms with Crippen LogP contribution in [0.1, 0.15) is 32.6 Å². The molecule has 3 aliphatic rings. The van der Waals surface area contributed by atoms with Crippen molar-refractivity contribution in [2.24, 2.45) is 11.8 Å². The van der Waals surface area contributed by atoms with Gasteiger partial charge >= 0.3 is 0 Å². The van der Waals surface area contributed by atoms with Crippen molar-refractivity contribution in [3.05, 3.63) is 35.0 Å². The van der Waals surface area contributed by atoms with E-state index in [1.54, 1.807) is 6.92 Å². The minimum absolute atomic E-state index is 0.181. The van der Waals surface area contributed by atoms with E-state index >= 15 is 0 Å². The maximum absolute atomic E-state index is 11.8. The zero-order chi connectivity index (χ0) is 13.4. The quantitative estimate of drug-likeness (QED) is 0.785. The summed E-state index contributed by atoms with van der Waals surface area (Å²) in [4.78, 5) is 14.1. The molecule has 0 radical (unpaired) electrons. The number of fused-ring (bicyclic) bond motifs is 1. The van der Waals surface area contributed by atoms with Crippen LogP contribution in [0.2, 0.25) is 0 Å². The normalized spacial score (nSPS) is 30.3. The van der Waals surface area contributed by atoms with Crippen molar-refractivity contribution in [1.29, 1.82) is 0 Å². The van der Waals surface area contributed by atoms with Gasteiger partial charge < -0.3 is 4.90 Å². The molecule has 3 rings (SSSR count). The standard InChI is InChI=1S/C16H20ClNO/c1-11(19)15-10-18(9-12-4-2-3-5-12)16-8-13(17)6-7-14(15)16/h6-8,10,12,14,16H,2-5,9H2,1H3. The predicted octanol–water partition coefficient (Wildman–Crippen LogP) is 3.64. The Morgan fingerprint density at radius 1 is 1.42 bits per heavy atom. The molecule has 1 aliphatic heterocycles. The van der Waals surface area contributed by atoms with Crippen LogP contribution in [0.4, 0.5) is 0 Å². The smallest absolute Gasteiger partial charge is 0.157 e. The number of carbonyl (C=O) groups excluding carboxylic acids is 1. The number of allylic oxidation sites excluding steroid dienone is 2. The molecule has 102 valence electrons. The fourth-order valence-electron chi connectivity index (χ4n) is 3.56. The largest absolute Gasteiger partial charge is 0.369 e. The Balaban J connectivity index is 1.81. The molecule has 0 N–H and O–H groups in total. The van der Waals surface area contributed by atoms with E-state index in [1.165, 1.54) is 25.7 Å². The lowest BCUT2D eigenvalue weighted by atomic mass is 9.89. The minimum atomic E-state index is 0.181. The maximum atomic E-state index is 11.8. The molecular formula is C16H20ClNO. The number of hydrogen-bond acceptors (Lipinski definition) is 2. The Morgan fingerprint density at radius 3 is 2.84 bits per heavy atom. The summed E-state index contributed by atoms with van der Waals surface area (Å²) in [6.07, 6.45) is 13.5. The molecule has 0 amide bonds. The van der Waals surface area contributed by atoms with Gasteiger partial charge in [0.15, 0.2) is 5.78 Å². The Hall–Kier alpha value is -1.02. The Bertz CT molecular complexity index is 471. The van der Waals surface area contributed by atoms with Crippen LogP contribution in [0.15, 0.2) is 35.0 Å². The van der Waals surface area contributed by atoms with Crippen LogP contribution in [-0.4, -0.2) is 23.3 Å². The molecule has 1 fully saturated rings. The minimum Gasteiger partial charge on any atom is -0.369 e. The van der Waals surface area contributed by atoms with Crippen LogP contribution >= 0.6 is 11.6 Å². The van der Waals surface area contributed by atoms with Gasteiger partial charge in [-0.15, -0.1) is 0 Å². The zero-order valence-electron chi connectivity index (χ0n) is 11.3. The van der Waals surface area contributed by atoms with E-state index in [9.17, 15) is 4.79 Å². The molecule has 19 heavy (non-hydrogen) atoms. The van der Waals surface area contributed by atoms with Gasteiger partial charge in [0.25, 0.3) is 0 Å². The molecule has 0 bridgehead atoms. The molecule has 1 saturated carbocycles. The van der Waals surface area contributed by atoms with Crippen LogP contribution in [0, 0.1) is 11.8 Å². The lowest BCUT2D eigenvalue weighted by Crippen LogP contribution is -2.34. The van der Waals surface area contributed by atoms with Gasteiger partial charge in [0.1, 0.15) is 0 Å². The lowest BCUT2D eigenvalue weighted by Gasteiger charge is -2.30. The van der Waals surface area contributed by atoms with E-state index in [1.807, 2.05) is 6.08 Å². The lowest BCUT2D eigenvalue weighted by molar-refractivity contribution is -0.113.